The fourth-order valence-corrected chi connectivity index (χ4v) is 7.00. The molecule has 0 radical (unpaired) electrons. The molecular formula is C32H30N4O4S. The zero-order chi connectivity index (χ0) is 27.9. The smallest absolute Gasteiger partial charge is 0.242 e. The predicted octanol–water partition coefficient (Wildman–Crippen LogP) is 5.37. The van der Waals surface area contributed by atoms with E-state index in [2.05, 4.69) is 6.07 Å². The highest BCUT2D eigenvalue weighted by Crippen LogP contribution is 2.50. The Labute approximate surface area is 242 Å². The Morgan fingerprint density at radius 1 is 0.976 bits per heavy atom. The molecule has 208 valence electrons. The molecule has 1 saturated heterocycles. The second-order valence-electron chi connectivity index (χ2n) is 10.6. The van der Waals surface area contributed by atoms with Crippen LogP contribution in [-0.2, 0) is 9.59 Å². The highest BCUT2D eigenvalue weighted by molar-refractivity contribution is 8.00. The zero-order valence-electron chi connectivity index (χ0n) is 22.8. The molecule has 0 aliphatic carbocycles. The van der Waals surface area contributed by atoms with Gasteiger partial charge in [-0.15, -0.1) is 11.8 Å². The summed E-state index contributed by atoms with van der Waals surface area (Å²) in [5.41, 5.74) is 5.54. The Morgan fingerprint density at radius 3 is 2.59 bits per heavy atom. The second kappa shape index (κ2) is 10.6. The van der Waals surface area contributed by atoms with Gasteiger partial charge in [-0.05, 0) is 55.2 Å². The maximum Gasteiger partial charge on any atom is 0.242 e. The molecule has 0 N–H and O–H groups in total. The zero-order valence-corrected chi connectivity index (χ0v) is 23.6. The summed E-state index contributed by atoms with van der Waals surface area (Å²) in [5, 5.41) is 4.95. The summed E-state index contributed by atoms with van der Waals surface area (Å²) in [6.07, 6.45) is 1.98. The molecule has 4 heterocycles. The molecule has 4 aromatic rings. The Bertz CT molecular complexity index is 1630. The molecule has 1 aromatic heterocycles. The number of nitrogens with zero attached hydrogens (tertiary/aromatic N) is 4. The van der Waals surface area contributed by atoms with Crippen molar-refractivity contribution in [1.29, 1.82) is 0 Å². The number of fused-ring (bicyclic) bond motifs is 2. The van der Waals surface area contributed by atoms with Crippen LogP contribution >= 0.6 is 11.8 Å². The van der Waals surface area contributed by atoms with Crippen LogP contribution in [0.1, 0.15) is 34.8 Å². The number of hydrogen-bond acceptors (Lipinski definition) is 6. The van der Waals surface area contributed by atoms with E-state index in [4.69, 9.17) is 14.6 Å². The minimum atomic E-state index is -0.232. The number of aryl methyl sites for hydroxylation is 1. The van der Waals surface area contributed by atoms with Gasteiger partial charge in [0.05, 0.1) is 22.4 Å². The molecule has 0 spiro atoms. The summed E-state index contributed by atoms with van der Waals surface area (Å²) in [6.45, 7) is 3.66. The van der Waals surface area contributed by atoms with Crippen molar-refractivity contribution in [3.05, 3.63) is 89.5 Å². The maximum atomic E-state index is 13.9. The van der Waals surface area contributed by atoms with Crippen LogP contribution in [0.25, 0.3) is 16.9 Å². The van der Waals surface area contributed by atoms with Crippen molar-refractivity contribution in [2.24, 2.45) is 0 Å². The van der Waals surface area contributed by atoms with Gasteiger partial charge in [0, 0.05) is 24.2 Å². The third kappa shape index (κ3) is 4.74. The molecule has 9 heteroatoms. The number of amides is 2. The van der Waals surface area contributed by atoms with Crippen molar-refractivity contribution in [1.82, 2.24) is 14.7 Å². The van der Waals surface area contributed by atoms with Crippen LogP contribution in [0.2, 0.25) is 0 Å². The Hall–Kier alpha value is -4.24. The summed E-state index contributed by atoms with van der Waals surface area (Å²) >= 11 is 1.55. The fraction of sp³-hybridized carbons (Fsp3) is 0.281. The van der Waals surface area contributed by atoms with Gasteiger partial charge in [0.1, 0.15) is 12.4 Å². The normalized spacial score (nSPS) is 18.0. The lowest BCUT2D eigenvalue weighted by molar-refractivity contribution is -0.130. The van der Waals surface area contributed by atoms with Crippen molar-refractivity contribution in [2.45, 2.75) is 25.0 Å². The lowest BCUT2D eigenvalue weighted by Gasteiger charge is -2.25. The Balaban J connectivity index is 1.46. The molecule has 0 saturated carbocycles. The number of carbonyl (C=O) groups is 2. The monoisotopic (exact) mass is 566 g/mol. The average molecular weight is 567 g/mol. The summed E-state index contributed by atoms with van der Waals surface area (Å²) in [4.78, 5) is 31.0. The number of anilines is 1. The van der Waals surface area contributed by atoms with E-state index in [1.54, 1.807) is 16.7 Å². The second-order valence-corrected chi connectivity index (χ2v) is 11.7. The quantitative estimate of drug-likeness (QED) is 0.323. The lowest BCUT2D eigenvalue weighted by atomic mass is 9.99. The summed E-state index contributed by atoms with van der Waals surface area (Å²) in [5.74, 6) is 2.11. The highest BCUT2D eigenvalue weighted by Gasteiger charge is 2.39. The number of ether oxygens (including phenoxy) is 2. The van der Waals surface area contributed by atoms with Crippen molar-refractivity contribution in [2.75, 3.05) is 37.1 Å². The molecule has 1 atom stereocenters. The van der Waals surface area contributed by atoms with Gasteiger partial charge in [-0.25, -0.2) is 4.68 Å². The van der Waals surface area contributed by atoms with Crippen LogP contribution in [0.4, 0.5) is 5.82 Å². The van der Waals surface area contributed by atoms with Gasteiger partial charge in [-0.3, -0.25) is 14.5 Å². The molecular weight excluding hydrogens is 536 g/mol. The summed E-state index contributed by atoms with van der Waals surface area (Å²) < 4.78 is 13.2. The third-order valence-electron chi connectivity index (χ3n) is 7.83. The highest BCUT2D eigenvalue weighted by atomic mass is 32.2. The van der Waals surface area contributed by atoms with Gasteiger partial charge < -0.3 is 14.4 Å². The van der Waals surface area contributed by atoms with Crippen LogP contribution < -0.4 is 14.4 Å². The van der Waals surface area contributed by atoms with Crippen molar-refractivity contribution in [3.8, 4) is 28.4 Å². The molecule has 3 aliphatic heterocycles. The molecule has 41 heavy (non-hydrogen) atoms. The predicted molar refractivity (Wildman–Crippen MR) is 159 cm³/mol. The number of hydrogen-bond donors (Lipinski definition) is 0. The van der Waals surface area contributed by atoms with Gasteiger partial charge in [-0.1, -0.05) is 48.5 Å². The molecule has 8 nitrogen and oxygen atoms in total. The van der Waals surface area contributed by atoms with Crippen LogP contribution in [0.15, 0.2) is 72.8 Å². The van der Waals surface area contributed by atoms with Gasteiger partial charge >= 0.3 is 0 Å². The van der Waals surface area contributed by atoms with E-state index in [9.17, 15) is 9.59 Å². The van der Waals surface area contributed by atoms with E-state index < -0.39 is 0 Å². The van der Waals surface area contributed by atoms with Crippen molar-refractivity contribution >= 4 is 29.4 Å². The van der Waals surface area contributed by atoms with E-state index in [1.165, 1.54) is 0 Å². The van der Waals surface area contributed by atoms with E-state index in [1.807, 2.05) is 83.2 Å². The van der Waals surface area contributed by atoms with Gasteiger partial charge in [0.15, 0.2) is 11.5 Å². The fourth-order valence-electron chi connectivity index (χ4n) is 5.81. The SMILES string of the molecule is Cc1cccc(-n2nc(-c3ccccc3)c3c2N(CC(=O)N2CCCC2)C(=O)CS[C@H]3c2ccc3c(c2)OCO3)c1. The number of rotatable bonds is 5. The van der Waals surface area contributed by atoms with Gasteiger partial charge in [-0.2, -0.15) is 5.10 Å². The molecule has 0 bridgehead atoms. The van der Waals surface area contributed by atoms with Crippen LogP contribution in [0.5, 0.6) is 11.5 Å². The van der Waals surface area contributed by atoms with Crippen molar-refractivity contribution < 1.29 is 19.1 Å². The topological polar surface area (TPSA) is 76.9 Å². The molecule has 7 rings (SSSR count). The standard InChI is InChI=1S/C32H30N4O4S/c1-21-8-7-11-24(16-21)36-32-29(30(33-36)22-9-3-2-4-10-22)31(23-12-13-25-26(17-23)40-20-39-25)41-19-28(38)35(32)18-27(37)34-14-5-6-15-34/h2-4,7-13,16-17,31H,5-6,14-15,18-20H2,1H3/t31-/m0/s1. The third-order valence-corrected chi connectivity index (χ3v) is 9.09. The van der Waals surface area contributed by atoms with Crippen LogP contribution in [0, 0.1) is 6.92 Å². The maximum absolute atomic E-state index is 13.9. The van der Waals surface area contributed by atoms with Gasteiger partial charge in [0.25, 0.3) is 0 Å². The van der Waals surface area contributed by atoms with E-state index in [0.29, 0.717) is 17.3 Å². The van der Waals surface area contributed by atoms with Gasteiger partial charge in [0.2, 0.25) is 18.6 Å². The van der Waals surface area contributed by atoms with E-state index in [0.717, 1.165) is 59.6 Å². The molecule has 3 aliphatic rings. The van der Waals surface area contributed by atoms with E-state index in [-0.39, 0.29) is 36.2 Å². The first-order valence-corrected chi connectivity index (χ1v) is 15.0. The first-order chi connectivity index (χ1) is 20.1. The molecule has 0 unspecified atom stereocenters. The van der Waals surface area contributed by atoms with Crippen LogP contribution in [-0.4, -0.2) is 58.7 Å². The largest absolute Gasteiger partial charge is 0.454 e. The van der Waals surface area contributed by atoms with Crippen LogP contribution in [0.3, 0.4) is 0 Å². The number of thioether (sulfide) groups is 1. The Morgan fingerprint density at radius 2 is 1.78 bits per heavy atom. The summed E-state index contributed by atoms with van der Waals surface area (Å²) in [7, 11) is 0. The number of carbonyl (C=O) groups excluding carboxylic acids is 2. The first kappa shape index (κ1) is 25.7. The molecule has 2 amide bonds. The number of benzene rings is 3. The number of aromatic nitrogens is 2. The minimum Gasteiger partial charge on any atom is -0.454 e. The number of likely N-dealkylation sites (tertiary alicyclic amines) is 1. The molecule has 3 aromatic carbocycles. The Kier molecular flexibility index (Phi) is 6.66. The van der Waals surface area contributed by atoms with E-state index >= 15 is 0 Å². The lowest BCUT2D eigenvalue weighted by Crippen LogP contribution is -2.43. The van der Waals surface area contributed by atoms with Crippen molar-refractivity contribution in [3.63, 3.8) is 0 Å². The molecule has 1 fully saturated rings. The minimum absolute atomic E-state index is 0.0218. The average Bonchev–Trinajstić information content (AvgIpc) is 3.75. The first-order valence-electron chi connectivity index (χ1n) is 13.9. The summed E-state index contributed by atoms with van der Waals surface area (Å²) in [6, 6.07) is 24.1.